The summed E-state index contributed by atoms with van der Waals surface area (Å²) in [6.07, 6.45) is 1.94. The number of para-hydroxylation sites is 1. The molecule has 1 heterocycles. The number of hydrogen-bond donors (Lipinski definition) is 2. The molecule has 7 heteroatoms. The van der Waals surface area contributed by atoms with E-state index in [0.29, 0.717) is 23.9 Å². The van der Waals surface area contributed by atoms with E-state index in [-0.39, 0.29) is 5.82 Å². The number of aromatic nitrogens is 3. The van der Waals surface area contributed by atoms with Crippen molar-refractivity contribution < 1.29 is 14.7 Å². The van der Waals surface area contributed by atoms with Crippen molar-refractivity contribution in [2.75, 3.05) is 0 Å². The van der Waals surface area contributed by atoms with Crippen LogP contribution in [0, 0.1) is 0 Å². The van der Waals surface area contributed by atoms with Crippen LogP contribution in [0.3, 0.4) is 0 Å². The Kier molecular flexibility index (Phi) is 4.76. The van der Waals surface area contributed by atoms with Crippen LogP contribution in [0.4, 0.5) is 0 Å². The van der Waals surface area contributed by atoms with Gasteiger partial charge in [-0.15, -0.1) is 10.2 Å². The molecule has 0 aliphatic carbocycles. The van der Waals surface area contributed by atoms with Crippen LogP contribution in [-0.2, 0) is 4.79 Å². The highest BCUT2D eigenvalue weighted by atomic mass is 16.4. The topological polar surface area (TPSA) is 105 Å². The second-order valence-corrected chi connectivity index (χ2v) is 4.63. The van der Waals surface area contributed by atoms with E-state index in [1.54, 1.807) is 24.3 Å². The average Bonchev–Trinajstić information content (AvgIpc) is 2.50. The number of rotatable bonds is 6. The first-order valence-electron chi connectivity index (χ1n) is 6.75. The number of carboxylic acid groups (broad SMARTS) is 1. The van der Waals surface area contributed by atoms with Crippen molar-refractivity contribution in [2.45, 2.75) is 32.2 Å². The van der Waals surface area contributed by atoms with Crippen molar-refractivity contribution >= 4 is 22.9 Å². The van der Waals surface area contributed by atoms with Crippen molar-refractivity contribution in [3.8, 4) is 0 Å². The minimum atomic E-state index is -1.06. The summed E-state index contributed by atoms with van der Waals surface area (Å²) in [5.41, 5.74) is 1.12. The van der Waals surface area contributed by atoms with Crippen molar-refractivity contribution in [1.82, 2.24) is 20.5 Å². The maximum absolute atomic E-state index is 12.0. The fraction of sp³-hybridized carbons (Fsp3) is 0.357. The number of benzene rings is 1. The van der Waals surface area contributed by atoms with Crippen molar-refractivity contribution in [3.63, 3.8) is 0 Å². The Morgan fingerprint density at radius 2 is 1.95 bits per heavy atom. The lowest BCUT2D eigenvalue weighted by Crippen LogP contribution is -2.41. The van der Waals surface area contributed by atoms with Gasteiger partial charge in [0.05, 0.1) is 5.52 Å². The molecule has 0 bridgehead atoms. The highest BCUT2D eigenvalue weighted by Gasteiger charge is 2.21. The molecule has 2 N–H and O–H groups in total. The molecule has 0 fully saturated rings. The molecule has 0 spiro atoms. The molecule has 0 saturated heterocycles. The minimum absolute atomic E-state index is 0.128. The molecule has 1 aromatic heterocycles. The third-order valence-corrected chi connectivity index (χ3v) is 3.01. The number of aliphatic carboxylic acids is 1. The van der Waals surface area contributed by atoms with Crippen LogP contribution < -0.4 is 5.32 Å². The Hall–Kier alpha value is -2.57. The number of carbonyl (C=O) groups is 2. The number of nitrogens with one attached hydrogen (secondary N) is 1. The molecule has 1 atom stereocenters. The van der Waals surface area contributed by atoms with Gasteiger partial charge in [0.15, 0.2) is 0 Å². The van der Waals surface area contributed by atoms with Crippen LogP contribution in [0.15, 0.2) is 24.3 Å². The van der Waals surface area contributed by atoms with Crippen molar-refractivity contribution in [2.24, 2.45) is 0 Å². The molecule has 110 valence electrons. The first-order valence-corrected chi connectivity index (χ1v) is 6.75. The van der Waals surface area contributed by atoms with E-state index < -0.39 is 17.9 Å². The van der Waals surface area contributed by atoms with Crippen LogP contribution in [0.5, 0.6) is 0 Å². The first kappa shape index (κ1) is 14.8. The summed E-state index contributed by atoms with van der Waals surface area (Å²) in [5, 5.41) is 19.2. The van der Waals surface area contributed by atoms with Gasteiger partial charge in [-0.25, -0.2) is 9.78 Å². The zero-order valence-corrected chi connectivity index (χ0v) is 11.6. The number of nitrogens with zero attached hydrogens (tertiary/aromatic N) is 3. The molecule has 0 aliphatic heterocycles. The average molecular weight is 288 g/mol. The lowest BCUT2D eigenvalue weighted by Gasteiger charge is -2.13. The van der Waals surface area contributed by atoms with Gasteiger partial charge in [0.25, 0.3) is 5.91 Å². The highest BCUT2D eigenvalue weighted by Crippen LogP contribution is 2.07. The van der Waals surface area contributed by atoms with E-state index in [2.05, 4.69) is 20.5 Å². The molecule has 1 amide bonds. The monoisotopic (exact) mass is 288 g/mol. The SMILES string of the molecule is CCCCC(NC(=O)c1nnc2ccccc2n1)C(=O)O. The summed E-state index contributed by atoms with van der Waals surface area (Å²) in [4.78, 5) is 27.2. The second-order valence-electron chi connectivity index (χ2n) is 4.63. The Bertz CT molecular complexity index is 659. The van der Waals surface area contributed by atoms with Gasteiger partial charge in [-0.1, -0.05) is 31.9 Å². The maximum Gasteiger partial charge on any atom is 0.326 e. The van der Waals surface area contributed by atoms with E-state index in [1.165, 1.54) is 0 Å². The number of carbonyl (C=O) groups excluding carboxylic acids is 1. The molecule has 7 nitrogen and oxygen atoms in total. The molecule has 0 saturated carbocycles. The standard InChI is InChI=1S/C14H16N4O3/c1-2-3-6-11(14(20)21)16-13(19)12-15-9-7-4-5-8-10(9)17-18-12/h4-5,7-8,11H,2-3,6H2,1H3,(H,16,19)(H,20,21). The predicted molar refractivity (Wildman–Crippen MR) is 75.7 cm³/mol. The van der Waals surface area contributed by atoms with Crippen LogP contribution in [0.25, 0.3) is 11.0 Å². The van der Waals surface area contributed by atoms with E-state index in [0.717, 1.165) is 6.42 Å². The van der Waals surface area contributed by atoms with Crippen molar-refractivity contribution in [3.05, 3.63) is 30.1 Å². The van der Waals surface area contributed by atoms with Gasteiger partial charge in [0, 0.05) is 0 Å². The third kappa shape index (κ3) is 3.71. The fourth-order valence-electron chi connectivity index (χ4n) is 1.87. The van der Waals surface area contributed by atoms with Crippen LogP contribution >= 0.6 is 0 Å². The molecule has 2 aromatic rings. The Labute approximate surface area is 121 Å². The second kappa shape index (κ2) is 6.74. The minimum Gasteiger partial charge on any atom is -0.480 e. The van der Waals surface area contributed by atoms with Gasteiger partial charge in [-0.05, 0) is 18.6 Å². The largest absolute Gasteiger partial charge is 0.480 e. The molecule has 2 rings (SSSR count). The molecular formula is C14H16N4O3. The van der Waals surface area contributed by atoms with Gasteiger partial charge in [0.1, 0.15) is 11.6 Å². The molecule has 0 aliphatic rings. The maximum atomic E-state index is 12.0. The summed E-state index contributed by atoms with van der Waals surface area (Å²) in [6, 6.07) is 6.08. The van der Waals surface area contributed by atoms with E-state index in [9.17, 15) is 9.59 Å². The quantitative estimate of drug-likeness (QED) is 0.832. The highest BCUT2D eigenvalue weighted by molar-refractivity contribution is 5.94. The number of carboxylic acids is 1. The van der Waals surface area contributed by atoms with E-state index >= 15 is 0 Å². The first-order chi connectivity index (χ1) is 10.1. The lowest BCUT2D eigenvalue weighted by molar-refractivity contribution is -0.139. The number of unbranched alkanes of at least 4 members (excludes halogenated alkanes) is 1. The zero-order valence-electron chi connectivity index (χ0n) is 11.6. The van der Waals surface area contributed by atoms with Gasteiger partial charge in [0.2, 0.25) is 5.82 Å². The molecule has 0 radical (unpaired) electrons. The predicted octanol–water partition coefficient (Wildman–Crippen LogP) is 1.40. The van der Waals surface area contributed by atoms with Crippen LogP contribution in [0.1, 0.15) is 36.8 Å². The van der Waals surface area contributed by atoms with E-state index in [1.807, 2.05) is 6.92 Å². The fourth-order valence-corrected chi connectivity index (χ4v) is 1.87. The smallest absolute Gasteiger partial charge is 0.326 e. The molecular weight excluding hydrogens is 272 g/mol. The van der Waals surface area contributed by atoms with Crippen molar-refractivity contribution in [1.29, 1.82) is 0 Å². The zero-order chi connectivity index (χ0) is 15.2. The summed E-state index contributed by atoms with van der Waals surface area (Å²) in [6.45, 7) is 1.96. The normalized spacial score (nSPS) is 12.0. The Balaban J connectivity index is 2.15. The summed E-state index contributed by atoms with van der Waals surface area (Å²) < 4.78 is 0. The molecule has 1 unspecified atom stereocenters. The van der Waals surface area contributed by atoms with Gasteiger partial charge in [-0.2, -0.15) is 0 Å². The molecule has 21 heavy (non-hydrogen) atoms. The van der Waals surface area contributed by atoms with Crippen LogP contribution in [-0.4, -0.2) is 38.2 Å². The van der Waals surface area contributed by atoms with Gasteiger partial charge in [-0.3, -0.25) is 4.79 Å². The Morgan fingerprint density at radius 1 is 1.24 bits per heavy atom. The Morgan fingerprint density at radius 3 is 2.62 bits per heavy atom. The van der Waals surface area contributed by atoms with Gasteiger partial charge < -0.3 is 10.4 Å². The van der Waals surface area contributed by atoms with Gasteiger partial charge >= 0.3 is 5.97 Å². The number of fused-ring (bicyclic) bond motifs is 1. The van der Waals surface area contributed by atoms with Crippen LogP contribution in [0.2, 0.25) is 0 Å². The molecule has 1 aromatic carbocycles. The summed E-state index contributed by atoms with van der Waals surface area (Å²) in [5.74, 6) is -1.82. The summed E-state index contributed by atoms with van der Waals surface area (Å²) >= 11 is 0. The lowest BCUT2D eigenvalue weighted by atomic mass is 10.1. The number of hydrogen-bond acceptors (Lipinski definition) is 5. The third-order valence-electron chi connectivity index (χ3n) is 3.01. The number of amides is 1. The summed E-state index contributed by atoms with van der Waals surface area (Å²) in [7, 11) is 0. The van der Waals surface area contributed by atoms with E-state index in [4.69, 9.17) is 5.11 Å².